The highest BCUT2D eigenvalue weighted by molar-refractivity contribution is 7.89. The normalized spacial score (nSPS) is 17.8. The minimum atomic E-state index is -3.59. The molecule has 0 amide bonds. The van der Waals surface area contributed by atoms with Crippen LogP contribution in [0.5, 0.6) is 0 Å². The van der Waals surface area contributed by atoms with Crippen molar-refractivity contribution in [2.45, 2.75) is 55.4 Å². The number of aryl methyl sites for hydroxylation is 2. The highest BCUT2D eigenvalue weighted by Gasteiger charge is 2.48. The summed E-state index contributed by atoms with van der Waals surface area (Å²) in [5.74, 6) is 0.574. The maximum atomic E-state index is 12.9. The molecular weight excluding hydrogens is 470 g/mol. The summed E-state index contributed by atoms with van der Waals surface area (Å²) in [7, 11) is -3.59. The molecule has 0 atom stereocenters. The van der Waals surface area contributed by atoms with Crippen molar-refractivity contribution in [3.05, 3.63) is 70.6 Å². The van der Waals surface area contributed by atoms with Gasteiger partial charge in [0.15, 0.2) is 11.4 Å². The number of nitrogens with zero attached hydrogens (tertiary/aromatic N) is 5. The van der Waals surface area contributed by atoms with E-state index in [1.54, 1.807) is 12.3 Å². The smallest absolute Gasteiger partial charge is 0.408 e. The van der Waals surface area contributed by atoms with Crippen LogP contribution in [0.1, 0.15) is 43.1 Å². The maximum absolute atomic E-state index is 12.9. The lowest BCUT2D eigenvalue weighted by molar-refractivity contribution is 0.360. The molecule has 1 saturated carbocycles. The van der Waals surface area contributed by atoms with Gasteiger partial charge in [-0.1, -0.05) is 11.2 Å². The summed E-state index contributed by atoms with van der Waals surface area (Å²) in [4.78, 5) is 21.7. The van der Waals surface area contributed by atoms with Crippen molar-refractivity contribution in [2.24, 2.45) is 0 Å². The number of pyridine rings is 1. The molecule has 0 unspecified atom stereocenters. The predicted molar refractivity (Wildman–Crippen MR) is 125 cm³/mol. The summed E-state index contributed by atoms with van der Waals surface area (Å²) in [6.07, 6.45) is 6.58. The third kappa shape index (κ3) is 4.08. The minimum absolute atomic E-state index is 0.132. The van der Waals surface area contributed by atoms with Gasteiger partial charge in [0.2, 0.25) is 15.9 Å². The van der Waals surface area contributed by atoms with Crippen LogP contribution < -0.4 is 5.76 Å². The van der Waals surface area contributed by atoms with Crippen molar-refractivity contribution in [1.82, 2.24) is 24.0 Å². The first-order valence-electron chi connectivity index (χ1n) is 11.8. The second-order valence-electron chi connectivity index (χ2n) is 9.30. The molecule has 4 aromatic rings. The highest BCUT2D eigenvalue weighted by atomic mass is 32.2. The molecule has 3 aromatic heterocycles. The summed E-state index contributed by atoms with van der Waals surface area (Å²) in [5.41, 5.74) is 1.64. The monoisotopic (exact) mass is 495 g/mol. The van der Waals surface area contributed by atoms with Crippen LogP contribution in [-0.4, -0.2) is 45.5 Å². The van der Waals surface area contributed by atoms with Gasteiger partial charge in [-0.3, -0.25) is 9.55 Å². The molecule has 0 N–H and O–H groups in total. The van der Waals surface area contributed by atoms with E-state index < -0.39 is 15.8 Å². The molecular formula is C24H25N5O5S. The minimum Gasteiger partial charge on any atom is -0.408 e. The van der Waals surface area contributed by atoms with Gasteiger partial charge in [0, 0.05) is 55.8 Å². The fourth-order valence-corrected chi connectivity index (χ4v) is 6.29. The zero-order valence-corrected chi connectivity index (χ0v) is 19.9. The van der Waals surface area contributed by atoms with Crippen molar-refractivity contribution in [2.75, 3.05) is 13.1 Å². The third-order valence-electron chi connectivity index (χ3n) is 6.93. The van der Waals surface area contributed by atoms with E-state index in [1.165, 1.54) is 21.0 Å². The summed E-state index contributed by atoms with van der Waals surface area (Å²) in [6.45, 7) is 1.31. The molecule has 4 heterocycles. The maximum Gasteiger partial charge on any atom is 0.419 e. The van der Waals surface area contributed by atoms with E-state index in [2.05, 4.69) is 15.1 Å². The summed E-state index contributed by atoms with van der Waals surface area (Å²) < 4.78 is 39.5. The van der Waals surface area contributed by atoms with Crippen LogP contribution in [0, 0.1) is 0 Å². The molecule has 2 fully saturated rings. The second kappa shape index (κ2) is 8.42. The molecule has 1 saturated heterocycles. The van der Waals surface area contributed by atoms with Crippen LogP contribution in [0.2, 0.25) is 0 Å². The molecule has 11 heteroatoms. The Labute approximate surface area is 201 Å². The Morgan fingerprint density at radius 2 is 1.91 bits per heavy atom. The van der Waals surface area contributed by atoms with Gasteiger partial charge in [-0.25, -0.2) is 13.2 Å². The second-order valence-corrected chi connectivity index (χ2v) is 11.2. The van der Waals surface area contributed by atoms with Gasteiger partial charge in [0.05, 0.1) is 10.4 Å². The van der Waals surface area contributed by atoms with Crippen LogP contribution in [0.25, 0.3) is 11.1 Å². The van der Waals surface area contributed by atoms with Gasteiger partial charge < -0.3 is 8.94 Å². The van der Waals surface area contributed by atoms with Gasteiger partial charge >= 0.3 is 5.76 Å². The summed E-state index contributed by atoms with van der Waals surface area (Å²) >= 11 is 0. The average molecular weight is 496 g/mol. The van der Waals surface area contributed by atoms with Crippen LogP contribution in [0.4, 0.5) is 0 Å². The number of rotatable bonds is 8. The predicted octanol–water partition coefficient (Wildman–Crippen LogP) is 2.67. The number of aromatic nitrogens is 4. The van der Waals surface area contributed by atoms with Gasteiger partial charge in [-0.15, -0.1) is 0 Å². The first-order chi connectivity index (χ1) is 16.9. The van der Waals surface area contributed by atoms with E-state index >= 15 is 0 Å². The number of hydrogen-bond donors (Lipinski definition) is 0. The van der Waals surface area contributed by atoms with Gasteiger partial charge in [0.1, 0.15) is 0 Å². The van der Waals surface area contributed by atoms with Crippen LogP contribution in [0.3, 0.4) is 0 Å². The van der Waals surface area contributed by atoms with Crippen molar-refractivity contribution >= 4 is 21.1 Å². The summed E-state index contributed by atoms with van der Waals surface area (Å²) in [5, 5.41) is 4.21. The van der Waals surface area contributed by atoms with Crippen LogP contribution >= 0.6 is 0 Å². The van der Waals surface area contributed by atoms with Gasteiger partial charge in [-0.05, 0) is 49.9 Å². The van der Waals surface area contributed by atoms with Crippen molar-refractivity contribution in [3.8, 4) is 0 Å². The average Bonchev–Trinajstić information content (AvgIpc) is 3.25. The lowest BCUT2D eigenvalue weighted by atomic mass is 9.99. The molecule has 1 aromatic carbocycles. The third-order valence-corrected chi connectivity index (χ3v) is 8.83. The van der Waals surface area contributed by atoms with Crippen molar-refractivity contribution < 1.29 is 17.4 Å². The fourth-order valence-electron chi connectivity index (χ4n) is 4.76. The number of sulfonamides is 1. The Kier molecular flexibility index (Phi) is 5.33. The number of hydrogen-bond acceptors (Lipinski definition) is 8. The topological polar surface area (TPSA) is 124 Å². The van der Waals surface area contributed by atoms with Crippen LogP contribution in [0.15, 0.2) is 61.2 Å². The molecule has 1 aliphatic carbocycles. The number of benzene rings is 1. The molecule has 0 bridgehead atoms. The highest BCUT2D eigenvalue weighted by Crippen LogP contribution is 2.49. The quantitative estimate of drug-likeness (QED) is 0.365. The number of fused-ring (bicyclic) bond motifs is 1. The van der Waals surface area contributed by atoms with E-state index in [4.69, 9.17) is 8.94 Å². The van der Waals surface area contributed by atoms with E-state index in [0.29, 0.717) is 36.7 Å². The zero-order chi connectivity index (χ0) is 24.0. The lowest BCUT2D eigenvalue weighted by Crippen LogP contribution is -2.27. The molecule has 10 nitrogen and oxygen atoms in total. The van der Waals surface area contributed by atoms with E-state index in [1.807, 2.05) is 18.2 Å². The van der Waals surface area contributed by atoms with Gasteiger partial charge in [0.25, 0.3) is 0 Å². The molecule has 1 aliphatic heterocycles. The molecule has 0 radical (unpaired) electrons. The Morgan fingerprint density at radius 3 is 2.66 bits per heavy atom. The van der Waals surface area contributed by atoms with Crippen LogP contribution in [-0.2, 0) is 34.8 Å². The standard InChI is InChI=1S/C24H25N5O5S/c30-23-29(19-7-6-18(15-20(19)33-23)35(31,32)28-12-3-4-13-28)14-8-21-26-22(27-34-21)24(9-10-24)16-17-5-1-2-11-25-17/h1-2,5-7,11,15H,3-4,8-10,12-14,16H2. The lowest BCUT2D eigenvalue weighted by Gasteiger charge is -2.15. The first kappa shape index (κ1) is 22.2. The largest absolute Gasteiger partial charge is 0.419 e. The van der Waals surface area contributed by atoms with E-state index in [0.717, 1.165) is 37.8 Å². The Morgan fingerprint density at radius 1 is 1.09 bits per heavy atom. The molecule has 2 aliphatic rings. The van der Waals surface area contributed by atoms with Crippen molar-refractivity contribution in [1.29, 1.82) is 0 Å². The Bertz CT molecular complexity index is 1530. The summed E-state index contributed by atoms with van der Waals surface area (Å²) in [6, 6.07) is 10.4. The molecule has 6 rings (SSSR count). The number of oxazole rings is 1. The Hall–Kier alpha value is -3.31. The first-order valence-corrected chi connectivity index (χ1v) is 13.3. The van der Waals surface area contributed by atoms with E-state index in [-0.39, 0.29) is 22.4 Å². The molecule has 0 spiro atoms. The zero-order valence-electron chi connectivity index (χ0n) is 19.1. The molecule has 35 heavy (non-hydrogen) atoms. The molecule has 182 valence electrons. The van der Waals surface area contributed by atoms with Crippen molar-refractivity contribution in [3.63, 3.8) is 0 Å². The SMILES string of the molecule is O=c1oc2cc(S(=O)(=O)N3CCCC3)ccc2n1CCc1nc(C2(Cc3ccccn3)CC2)no1. The van der Waals surface area contributed by atoms with E-state index in [9.17, 15) is 13.2 Å². The van der Waals surface area contributed by atoms with Gasteiger partial charge in [-0.2, -0.15) is 9.29 Å². The Balaban J connectivity index is 1.19. The fraction of sp³-hybridized carbons (Fsp3) is 0.417.